The highest BCUT2D eigenvalue weighted by Gasteiger charge is 2.21. The Morgan fingerprint density at radius 1 is 1.20 bits per heavy atom. The number of urea groups is 1. The fourth-order valence-electron chi connectivity index (χ4n) is 3.09. The van der Waals surface area contributed by atoms with Gasteiger partial charge in [-0.3, -0.25) is 0 Å². The number of carbonyl (C=O) groups excluding carboxylic acids is 1. The average molecular weight is 346 g/mol. The van der Waals surface area contributed by atoms with E-state index in [0.717, 1.165) is 37.1 Å². The highest BCUT2D eigenvalue weighted by Crippen LogP contribution is 2.23. The van der Waals surface area contributed by atoms with Crippen LogP contribution in [0.25, 0.3) is 5.69 Å². The summed E-state index contributed by atoms with van der Waals surface area (Å²) in [5.74, 6) is 0.0824. The van der Waals surface area contributed by atoms with Crippen molar-refractivity contribution in [2.75, 3.05) is 6.61 Å². The fourth-order valence-corrected chi connectivity index (χ4v) is 3.09. The lowest BCUT2D eigenvalue weighted by atomic mass is 9.87. The molecule has 7 heteroatoms. The van der Waals surface area contributed by atoms with Crippen molar-refractivity contribution < 1.29 is 14.3 Å². The van der Waals surface area contributed by atoms with Gasteiger partial charge in [0.15, 0.2) is 0 Å². The number of halogens is 1. The van der Waals surface area contributed by atoms with E-state index in [-0.39, 0.29) is 24.5 Å². The van der Waals surface area contributed by atoms with Crippen molar-refractivity contribution in [2.45, 2.75) is 38.3 Å². The summed E-state index contributed by atoms with van der Waals surface area (Å²) in [7, 11) is 0. The predicted molar refractivity (Wildman–Crippen MR) is 91.7 cm³/mol. The molecular weight excluding hydrogens is 323 g/mol. The molecule has 1 saturated carbocycles. The van der Waals surface area contributed by atoms with Gasteiger partial charge in [0, 0.05) is 18.8 Å². The second-order valence-corrected chi connectivity index (χ2v) is 6.46. The van der Waals surface area contributed by atoms with Crippen LogP contribution in [0, 0.1) is 11.7 Å². The standard InChI is InChI=1S/C18H23FN4O2/c19-14-3-7-17(8-4-14)23-10-9-16(22-23)11-20-18(25)21-15-5-1-13(12-24)2-6-15/h3-4,7-10,13,15,24H,1-2,5-6,11-12H2,(H2,20,21,25). The molecule has 2 amide bonds. The van der Waals surface area contributed by atoms with Crippen LogP contribution in [0.4, 0.5) is 9.18 Å². The first-order valence-corrected chi connectivity index (χ1v) is 8.60. The lowest BCUT2D eigenvalue weighted by Crippen LogP contribution is -2.43. The van der Waals surface area contributed by atoms with Gasteiger partial charge in [-0.1, -0.05) is 0 Å². The molecule has 1 fully saturated rings. The number of nitrogens with one attached hydrogen (secondary N) is 2. The SMILES string of the molecule is O=C(NCc1ccn(-c2ccc(F)cc2)n1)NC1CCC(CO)CC1. The zero-order valence-electron chi connectivity index (χ0n) is 14.0. The molecule has 0 unspecified atom stereocenters. The lowest BCUT2D eigenvalue weighted by molar-refractivity contribution is 0.174. The monoisotopic (exact) mass is 346 g/mol. The summed E-state index contributed by atoms with van der Waals surface area (Å²) in [6.45, 7) is 0.557. The summed E-state index contributed by atoms with van der Waals surface area (Å²) in [6.07, 6.45) is 5.47. The Bertz CT molecular complexity index is 693. The van der Waals surface area contributed by atoms with Gasteiger partial charge in [-0.15, -0.1) is 0 Å². The zero-order chi connectivity index (χ0) is 17.6. The first kappa shape index (κ1) is 17.4. The molecule has 0 bridgehead atoms. The van der Waals surface area contributed by atoms with Crippen molar-refractivity contribution in [3.05, 3.63) is 48.0 Å². The molecule has 1 aliphatic rings. The maximum atomic E-state index is 13.0. The number of nitrogens with zero attached hydrogens (tertiary/aromatic N) is 2. The minimum absolute atomic E-state index is 0.166. The van der Waals surface area contributed by atoms with Crippen molar-refractivity contribution in [1.29, 1.82) is 0 Å². The van der Waals surface area contributed by atoms with Gasteiger partial charge >= 0.3 is 6.03 Å². The van der Waals surface area contributed by atoms with Crippen LogP contribution < -0.4 is 10.6 Å². The first-order chi connectivity index (χ1) is 12.1. The normalized spacial score (nSPS) is 20.2. The van der Waals surface area contributed by atoms with Gasteiger partial charge < -0.3 is 15.7 Å². The van der Waals surface area contributed by atoms with E-state index in [2.05, 4.69) is 15.7 Å². The second-order valence-electron chi connectivity index (χ2n) is 6.46. The topological polar surface area (TPSA) is 79.2 Å². The van der Waals surface area contributed by atoms with Crippen LogP contribution in [-0.4, -0.2) is 33.6 Å². The Hall–Kier alpha value is -2.41. The predicted octanol–water partition coefficient (Wildman–Crippen LogP) is 2.36. The quantitative estimate of drug-likeness (QED) is 0.778. The average Bonchev–Trinajstić information content (AvgIpc) is 3.10. The number of carbonyl (C=O) groups is 1. The minimum Gasteiger partial charge on any atom is -0.396 e. The molecule has 1 aromatic carbocycles. The number of benzene rings is 1. The maximum absolute atomic E-state index is 13.0. The maximum Gasteiger partial charge on any atom is 0.315 e. The molecule has 0 radical (unpaired) electrons. The van der Waals surface area contributed by atoms with Gasteiger partial charge in [-0.25, -0.2) is 13.9 Å². The van der Waals surface area contributed by atoms with Crippen molar-refractivity contribution in [1.82, 2.24) is 20.4 Å². The van der Waals surface area contributed by atoms with Gasteiger partial charge in [-0.2, -0.15) is 5.10 Å². The molecule has 6 nitrogen and oxygen atoms in total. The number of aliphatic hydroxyl groups is 1. The number of amides is 2. The van der Waals surface area contributed by atoms with E-state index >= 15 is 0 Å². The number of aromatic nitrogens is 2. The Labute approximate surface area is 146 Å². The van der Waals surface area contributed by atoms with Gasteiger partial charge in [0.05, 0.1) is 17.9 Å². The summed E-state index contributed by atoms with van der Waals surface area (Å²) in [4.78, 5) is 12.0. The minimum atomic E-state index is -0.289. The van der Waals surface area contributed by atoms with Crippen LogP contribution in [0.1, 0.15) is 31.4 Å². The number of hydrogen-bond acceptors (Lipinski definition) is 3. The van der Waals surface area contributed by atoms with Gasteiger partial charge in [0.1, 0.15) is 5.82 Å². The molecule has 134 valence electrons. The Kier molecular flexibility index (Phi) is 5.65. The van der Waals surface area contributed by atoms with Crippen molar-refractivity contribution in [2.24, 2.45) is 5.92 Å². The molecule has 0 saturated heterocycles. The van der Waals surface area contributed by atoms with Gasteiger partial charge in [-0.05, 0) is 61.9 Å². The van der Waals surface area contributed by atoms with E-state index in [4.69, 9.17) is 5.11 Å². The van der Waals surface area contributed by atoms with Crippen LogP contribution in [-0.2, 0) is 6.54 Å². The van der Waals surface area contributed by atoms with Crippen molar-refractivity contribution in [3.8, 4) is 5.69 Å². The summed E-state index contributed by atoms with van der Waals surface area (Å²) < 4.78 is 14.6. The van der Waals surface area contributed by atoms with Crippen LogP contribution >= 0.6 is 0 Å². The number of aliphatic hydroxyl groups excluding tert-OH is 1. The van der Waals surface area contributed by atoms with E-state index in [9.17, 15) is 9.18 Å². The summed E-state index contributed by atoms with van der Waals surface area (Å²) in [6, 6.07) is 7.84. The van der Waals surface area contributed by atoms with E-state index in [0.29, 0.717) is 12.5 Å². The Morgan fingerprint density at radius 2 is 1.92 bits per heavy atom. The first-order valence-electron chi connectivity index (χ1n) is 8.60. The molecular formula is C18H23FN4O2. The van der Waals surface area contributed by atoms with Crippen LogP contribution in [0.2, 0.25) is 0 Å². The molecule has 0 atom stereocenters. The molecule has 0 aliphatic heterocycles. The van der Waals surface area contributed by atoms with Crippen molar-refractivity contribution in [3.63, 3.8) is 0 Å². The van der Waals surface area contributed by atoms with E-state index in [1.165, 1.54) is 12.1 Å². The highest BCUT2D eigenvalue weighted by atomic mass is 19.1. The Balaban J connectivity index is 1.46. The molecule has 25 heavy (non-hydrogen) atoms. The van der Waals surface area contributed by atoms with Gasteiger partial charge in [0.2, 0.25) is 0 Å². The van der Waals surface area contributed by atoms with Crippen LogP contribution in [0.15, 0.2) is 36.5 Å². The summed E-state index contributed by atoms with van der Waals surface area (Å²) >= 11 is 0. The van der Waals surface area contributed by atoms with E-state index < -0.39 is 0 Å². The van der Waals surface area contributed by atoms with Crippen LogP contribution in [0.5, 0.6) is 0 Å². The smallest absolute Gasteiger partial charge is 0.315 e. The van der Waals surface area contributed by atoms with E-state index in [1.807, 2.05) is 6.07 Å². The van der Waals surface area contributed by atoms with Gasteiger partial charge in [0.25, 0.3) is 0 Å². The molecule has 3 N–H and O–H groups in total. The van der Waals surface area contributed by atoms with Crippen molar-refractivity contribution >= 4 is 6.03 Å². The third-order valence-corrected chi connectivity index (χ3v) is 4.61. The highest BCUT2D eigenvalue weighted by molar-refractivity contribution is 5.74. The largest absolute Gasteiger partial charge is 0.396 e. The van der Waals surface area contributed by atoms with E-state index in [1.54, 1.807) is 23.0 Å². The molecule has 1 aromatic heterocycles. The summed E-state index contributed by atoms with van der Waals surface area (Å²) in [5, 5.41) is 19.3. The molecule has 1 heterocycles. The molecule has 3 rings (SSSR count). The lowest BCUT2D eigenvalue weighted by Gasteiger charge is -2.27. The summed E-state index contributed by atoms with van der Waals surface area (Å²) in [5.41, 5.74) is 1.49. The molecule has 1 aliphatic carbocycles. The second kappa shape index (κ2) is 8.11. The third kappa shape index (κ3) is 4.79. The fraction of sp³-hybridized carbons (Fsp3) is 0.444. The third-order valence-electron chi connectivity index (χ3n) is 4.61. The number of hydrogen-bond donors (Lipinski definition) is 3. The Morgan fingerprint density at radius 3 is 2.60 bits per heavy atom. The molecule has 2 aromatic rings. The zero-order valence-corrected chi connectivity index (χ0v) is 14.0. The number of rotatable bonds is 5. The molecule has 0 spiro atoms. The van der Waals surface area contributed by atoms with Crippen LogP contribution in [0.3, 0.4) is 0 Å².